The molecule has 0 aliphatic rings. The molecule has 1 amide bonds. The number of carbonyl (C=O) groups is 1. The van der Waals surface area contributed by atoms with Gasteiger partial charge in [0.05, 0.1) is 12.1 Å². The molecule has 118 valence electrons. The summed E-state index contributed by atoms with van der Waals surface area (Å²) < 4.78 is 5.71. The van der Waals surface area contributed by atoms with Crippen molar-refractivity contribution < 1.29 is 9.53 Å². The maximum atomic E-state index is 11.6. The van der Waals surface area contributed by atoms with Gasteiger partial charge in [0.2, 0.25) is 5.91 Å². The number of carbonyl (C=O) groups excluding carboxylic acids is 1. The van der Waals surface area contributed by atoms with Crippen molar-refractivity contribution in [2.75, 3.05) is 6.61 Å². The summed E-state index contributed by atoms with van der Waals surface area (Å²) in [6.07, 6.45) is 2.46. The van der Waals surface area contributed by atoms with Gasteiger partial charge in [-0.15, -0.1) is 0 Å². The average Bonchev–Trinajstić information content (AvgIpc) is 2.43. The fourth-order valence-corrected chi connectivity index (χ4v) is 2.34. The van der Waals surface area contributed by atoms with E-state index in [0.29, 0.717) is 13.0 Å². The third-order valence-electron chi connectivity index (χ3n) is 3.57. The molecule has 0 bridgehead atoms. The summed E-state index contributed by atoms with van der Waals surface area (Å²) in [6.45, 7) is 8.57. The molecule has 0 spiro atoms. The van der Waals surface area contributed by atoms with Gasteiger partial charge in [-0.1, -0.05) is 19.1 Å². The van der Waals surface area contributed by atoms with E-state index in [1.165, 1.54) is 5.56 Å². The Labute approximate surface area is 128 Å². The van der Waals surface area contributed by atoms with Crippen LogP contribution < -0.4 is 15.8 Å². The quantitative estimate of drug-likeness (QED) is 0.688. The van der Waals surface area contributed by atoms with E-state index < -0.39 is 5.54 Å². The molecule has 3 N–H and O–H groups in total. The van der Waals surface area contributed by atoms with Crippen LogP contribution in [-0.2, 0) is 11.2 Å². The Bertz CT molecular complexity index is 443. The van der Waals surface area contributed by atoms with Gasteiger partial charge >= 0.3 is 0 Å². The highest BCUT2D eigenvalue weighted by Gasteiger charge is 2.30. The SMILES string of the molecule is CCc1ccc(OCCCC(C)(NC(C)C)C(N)=O)cc1. The maximum Gasteiger partial charge on any atom is 0.237 e. The van der Waals surface area contributed by atoms with Crippen molar-refractivity contribution in [1.29, 1.82) is 0 Å². The molecule has 1 aromatic carbocycles. The topological polar surface area (TPSA) is 64.3 Å². The number of rotatable bonds is 9. The molecule has 4 nitrogen and oxygen atoms in total. The molecule has 0 saturated heterocycles. The molecular formula is C17H28N2O2. The number of amides is 1. The molecule has 0 fully saturated rings. The zero-order chi connectivity index (χ0) is 15.9. The van der Waals surface area contributed by atoms with Crippen molar-refractivity contribution in [1.82, 2.24) is 5.32 Å². The van der Waals surface area contributed by atoms with Crippen LogP contribution in [0.15, 0.2) is 24.3 Å². The first kappa shape index (κ1) is 17.5. The van der Waals surface area contributed by atoms with Crippen molar-refractivity contribution in [3.05, 3.63) is 29.8 Å². The molecular weight excluding hydrogens is 264 g/mol. The smallest absolute Gasteiger partial charge is 0.237 e. The summed E-state index contributed by atoms with van der Waals surface area (Å²) in [4.78, 5) is 11.6. The van der Waals surface area contributed by atoms with E-state index in [4.69, 9.17) is 10.5 Å². The number of nitrogens with two attached hydrogens (primary N) is 1. The predicted molar refractivity (Wildman–Crippen MR) is 86.4 cm³/mol. The largest absolute Gasteiger partial charge is 0.494 e. The van der Waals surface area contributed by atoms with E-state index in [0.717, 1.165) is 18.6 Å². The van der Waals surface area contributed by atoms with Gasteiger partial charge in [-0.25, -0.2) is 0 Å². The lowest BCUT2D eigenvalue weighted by molar-refractivity contribution is -0.124. The molecule has 0 radical (unpaired) electrons. The van der Waals surface area contributed by atoms with Crippen LogP contribution >= 0.6 is 0 Å². The molecule has 0 aliphatic carbocycles. The lowest BCUT2D eigenvalue weighted by atomic mass is 9.94. The Hall–Kier alpha value is -1.55. The summed E-state index contributed by atoms with van der Waals surface area (Å²) >= 11 is 0. The Morgan fingerprint density at radius 2 is 1.95 bits per heavy atom. The lowest BCUT2D eigenvalue weighted by Gasteiger charge is -2.29. The molecule has 0 saturated carbocycles. The van der Waals surface area contributed by atoms with E-state index in [2.05, 4.69) is 24.4 Å². The minimum absolute atomic E-state index is 0.213. The number of ether oxygens (including phenoxy) is 1. The van der Waals surface area contributed by atoms with Gasteiger partial charge in [-0.2, -0.15) is 0 Å². The van der Waals surface area contributed by atoms with Crippen LogP contribution in [0.1, 0.15) is 46.1 Å². The van der Waals surface area contributed by atoms with Crippen LogP contribution in [0.25, 0.3) is 0 Å². The lowest BCUT2D eigenvalue weighted by Crippen LogP contribution is -2.55. The molecule has 0 aliphatic heterocycles. The first-order valence-corrected chi connectivity index (χ1v) is 7.66. The van der Waals surface area contributed by atoms with Crippen molar-refractivity contribution in [3.8, 4) is 5.75 Å². The number of hydrogen-bond donors (Lipinski definition) is 2. The highest BCUT2D eigenvalue weighted by atomic mass is 16.5. The fraction of sp³-hybridized carbons (Fsp3) is 0.588. The Balaban J connectivity index is 2.42. The first-order valence-electron chi connectivity index (χ1n) is 7.66. The Kier molecular flexibility index (Phi) is 6.69. The van der Waals surface area contributed by atoms with Crippen molar-refractivity contribution in [2.45, 2.75) is 58.5 Å². The molecule has 1 rings (SSSR count). The summed E-state index contributed by atoms with van der Waals surface area (Å²) in [5, 5.41) is 3.24. The van der Waals surface area contributed by atoms with Crippen LogP contribution in [0, 0.1) is 0 Å². The fourth-order valence-electron chi connectivity index (χ4n) is 2.34. The first-order chi connectivity index (χ1) is 9.87. The van der Waals surface area contributed by atoms with Crippen LogP contribution in [-0.4, -0.2) is 24.1 Å². The van der Waals surface area contributed by atoms with E-state index in [9.17, 15) is 4.79 Å². The van der Waals surface area contributed by atoms with E-state index in [1.54, 1.807) is 0 Å². The predicted octanol–water partition coefficient (Wildman–Crippen LogP) is 2.65. The second kappa shape index (κ2) is 8.03. The standard InChI is InChI=1S/C17H28N2O2/c1-5-14-7-9-15(10-8-14)21-12-6-11-17(4,16(18)20)19-13(2)3/h7-10,13,19H,5-6,11-12H2,1-4H3,(H2,18,20). The van der Waals surface area contributed by atoms with Crippen LogP contribution in [0.4, 0.5) is 0 Å². The molecule has 1 aromatic rings. The van der Waals surface area contributed by atoms with Crippen LogP contribution in [0.2, 0.25) is 0 Å². The summed E-state index contributed by atoms with van der Waals surface area (Å²) in [5.74, 6) is 0.549. The van der Waals surface area contributed by atoms with Gasteiger partial charge in [-0.3, -0.25) is 4.79 Å². The van der Waals surface area contributed by atoms with Crippen molar-refractivity contribution in [2.24, 2.45) is 5.73 Å². The molecule has 1 unspecified atom stereocenters. The number of primary amides is 1. The summed E-state index contributed by atoms with van der Waals surface area (Å²) in [7, 11) is 0. The zero-order valence-electron chi connectivity index (χ0n) is 13.6. The van der Waals surface area contributed by atoms with Gasteiger partial charge in [0.1, 0.15) is 5.75 Å². The molecule has 0 heterocycles. The van der Waals surface area contributed by atoms with Crippen LogP contribution in [0.5, 0.6) is 5.75 Å². The Morgan fingerprint density at radius 1 is 1.33 bits per heavy atom. The summed E-state index contributed by atoms with van der Waals surface area (Å²) in [6, 6.07) is 8.33. The second-order valence-electron chi connectivity index (χ2n) is 5.94. The second-order valence-corrected chi connectivity index (χ2v) is 5.94. The van der Waals surface area contributed by atoms with Gasteiger partial charge in [0.15, 0.2) is 0 Å². The van der Waals surface area contributed by atoms with Crippen molar-refractivity contribution in [3.63, 3.8) is 0 Å². The number of aryl methyl sites for hydroxylation is 1. The van der Waals surface area contributed by atoms with E-state index in [-0.39, 0.29) is 11.9 Å². The maximum absolute atomic E-state index is 11.6. The number of nitrogens with one attached hydrogen (secondary N) is 1. The minimum atomic E-state index is -0.677. The highest BCUT2D eigenvalue weighted by molar-refractivity contribution is 5.84. The monoisotopic (exact) mass is 292 g/mol. The van der Waals surface area contributed by atoms with E-state index in [1.807, 2.05) is 32.9 Å². The van der Waals surface area contributed by atoms with Gasteiger partial charge in [0, 0.05) is 6.04 Å². The van der Waals surface area contributed by atoms with E-state index >= 15 is 0 Å². The summed E-state index contributed by atoms with van der Waals surface area (Å²) in [5.41, 5.74) is 6.12. The van der Waals surface area contributed by atoms with Gasteiger partial charge in [-0.05, 0) is 57.7 Å². The van der Waals surface area contributed by atoms with Crippen molar-refractivity contribution >= 4 is 5.91 Å². The molecule has 4 heteroatoms. The third-order valence-corrected chi connectivity index (χ3v) is 3.57. The highest BCUT2D eigenvalue weighted by Crippen LogP contribution is 2.16. The minimum Gasteiger partial charge on any atom is -0.494 e. The van der Waals surface area contributed by atoms with Gasteiger partial charge in [0.25, 0.3) is 0 Å². The third kappa shape index (κ3) is 5.76. The normalized spacial score (nSPS) is 14.0. The molecule has 21 heavy (non-hydrogen) atoms. The molecule has 0 aromatic heterocycles. The van der Waals surface area contributed by atoms with Gasteiger partial charge < -0.3 is 15.8 Å². The average molecular weight is 292 g/mol. The Morgan fingerprint density at radius 3 is 2.43 bits per heavy atom. The zero-order valence-corrected chi connectivity index (χ0v) is 13.6. The molecule has 1 atom stereocenters. The van der Waals surface area contributed by atoms with Crippen LogP contribution in [0.3, 0.4) is 0 Å². The number of hydrogen-bond acceptors (Lipinski definition) is 3. The number of benzene rings is 1.